The Hall–Kier alpha value is -0.760. The predicted molar refractivity (Wildman–Crippen MR) is 44.4 cm³/mol. The molecule has 0 fully saturated rings. The molecule has 0 aliphatic carbocycles. The number of hydrogen-bond acceptors (Lipinski definition) is 1. The highest BCUT2D eigenvalue weighted by atomic mass is 35.5. The molecule has 0 aliphatic rings. The summed E-state index contributed by atoms with van der Waals surface area (Å²) in [7, 11) is 0. The van der Waals surface area contributed by atoms with Gasteiger partial charge in [-0.2, -0.15) is 4.73 Å². The van der Waals surface area contributed by atoms with E-state index in [2.05, 4.69) is 0 Å². The molecule has 0 aromatic carbocycles. The average molecular weight is 172 g/mol. The van der Waals surface area contributed by atoms with Crippen molar-refractivity contribution in [2.45, 2.75) is 12.8 Å². The van der Waals surface area contributed by atoms with Crippen LogP contribution in [0.25, 0.3) is 0 Å². The van der Waals surface area contributed by atoms with Crippen molar-refractivity contribution in [2.75, 3.05) is 5.88 Å². The van der Waals surface area contributed by atoms with E-state index in [4.69, 9.17) is 11.6 Å². The van der Waals surface area contributed by atoms with Crippen LogP contribution in [0, 0.1) is 5.21 Å². The van der Waals surface area contributed by atoms with Gasteiger partial charge in [0, 0.05) is 17.5 Å². The maximum Gasteiger partial charge on any atom is 0.183 e. The number of pyridine rings is 1. The van der Waals surface area contributed by atoms with Crippen LogP contribution < -0.4 is 4.73 Å². The summed E-state index contributed by atoms with van der Waals surface area (Å²) in [5.74, 6) is 0.647. The van der Waals surface area contributed by atoms with Crippen LogP contribution in [0.15, 0.2) is 24.5 Å². The van der Waals surface area contributed by atoms with Crippen LogP contribution in [0.4, 0.5) is 0 Å². The standard InChI is InChI=1S/C8H10ClNO/c9-5-1-3-8-4-2-6-10(11)7-8/h2,4,6-7H,1,3,5H2. The van der Waals surface area contributed by atoms with Crippen molar-refractivity contribution < 1.29 is 4.73 Å². The number of nitrogens with zero attached hydrogens (tertiary/aromatic N) is 1. The fourth-order valence-electron chi connectivity index (χ4n) is 0.920. The first-order valence-electron chi connectivity index (χ1n) is 3.56. The van der Waals surface area contributed by atoms with E-state index in [1.54, 1.807) is 12.3 Å². The number of halogens is 1. The van der Waals surface area contributed by atoms with E-state index < -0.39 is 0 Å². The van der Waals surface area contributed by atoms with E-state index in [1.165, 1.54) is 6.20 Å². The molecule has 1 aromatic heterocycles. The van der Waals surface area contributed by atoms with Gasteiger partial charge in [0.05, 0.1) is 0 Å². The Morgan fingerprint density at radius 1 is 1.55 bits per heavy atom. The molecule has 0 amide bonds. The summed E-state index contributed by atoms with van der Waals surface area (Å²) < 4.78 is 0.809. The fraction of sp³-hybridized carbons (Fsp3) is 0.375. The summed E-state index contributed by atoms with van der Waals surface area (Å²) in [6.45, 7) is 0. The molecule has 11 heavy (non-hydrogen) atoms. The van der Waals surface area contributed by atoms with Crippen LogP contribution >= 0.6 is 11.6 Å². The van der Waals surface area contributed by atoms with Crippen molar-refractivity contribution >= 4 is 11.6 Å². The molecule has 0 bridgehead atoms. The Bertz CT molecular complexity index is 227. The van der Waals surface area contributed by atoms with Crippen LogP contribution in [-0.2, 0) is 6.42 Å². The zero-order valence-corrected chi connectivity index (χ0v) is 6.92. The minimum absolute atomic E-state index is 0.647. The van der Waals surface area contributed by atoms with Crippen molar-refractivity contribution in [3.8, 4) is 0 Å². The van der Waals surface area contributed by atoms with Crippen molar-refractivity contribution in [2.24, 2.45) is 0 Å². The molecule has 0 aliphatic heterocycles. The molecule has 1 aromatic rings. The molecule has 1 rings (SSSR count). The summed E-state index contributed by atoms with van der Waals surface area (Å²) in [5, 5.41) is 10.7. The SMILES string of the molecule is [O-][n+]1cccc(CCCCl)c1. The van der Waals surface area contributed by atoms with Crippen molar-refractivity contribution in [3.05, 3.63) is 35.3 Å². The Balaban J connectivity index is 2.56. The first-order valence-corrected chi connectivity index (χ1v) is 4.10. The van der Waals surface area contributed by atoms with Gasteiger partial charge in [-0.25, -0.2) is 0 Å². The number of aromatic nitrogens is 1. The van der Waals surface area contributed by atoms with Crippen molar-refractivity contribution in [1.82, 2.24) is 0 Å². The number of rotatable bonds is 3. The molecule has 0 spiro atoms. The van der Waals surface area contributed by atoms with Gasteiger partial charge < -0.3 is 5.21 Å². The number of aryl methyl sites for hydroxylation is 1. The monoisotopic (exact) mass is 171 g/mol. The first-order chi connectivity index (χ1) is 5.33. The van der Waals surface area contributed by atoms with E-state index in [0.717, 1.165) is 23.1 Å². The van der Waals surface area contributed by atoms with Crippen molar-refractivity contribution in [1.29, 1.82) is 0 Å². The predicted octanol–water partition coefficient (Wildman–Crippen LogP) is 1.49. The lowest BCUT2D eigenvalue weighted by atomic mass is 10.2. The molecule has 1 heterocycles. The normalized spacial score (nSPS) is 9.91. The van der Waals surface area contributed by atoms with E-state index in [0.29, 0.717) is 5.88 Å². The van der Waals surface area contributed by atoms with E-state index in [-0.39, 0.29) is 0 Å². The second-order valence-electron chi connectivity index (χ2n) is 2.36. The summed E-state index contributed by atoms with van der Waals surface area (Å²) >= 11 is 5.51. The lowest BCUT2D eigenvalue weighted by Gasteiger charge is -1.98. The average Bonchev–Trinajstić information content (AvgIpc) is 2.01. The van der Waals surface area contributed by atoms with E-state index in [9.17, 15) is 5.21 Å². The van der Waals surface area contributed by atoms with Gasteiger partial charge in [-0.15, -0.1) is 11.6 Å². The molecule has 0 saturated carbocycles. The van der Waals surface area contributed by atoms with Crippen LogP contribution in [0.5, 0.6) is 0 Å². The van der Waals surface area contributed by atoms with Crippen LogP contribution in [0.3, 0.4) is 0 Å². The van der Waals surface area contributed by atoms with Gasteiger partial charge in [-0.1, -0.05) is 0 Å². The summed E-state index contributed by atoms with van der Waals surface area (Å²) in [6, 6.07) is 3.68. The third-order valence-corrected chi connectivity index (χ3v) is 1.70. The first kappa shape index (κ1) is 8.34. The van der Waals surface area contributed by atoms with Crippen LogP contribution in [0.2, 0.25) is 0 Å². The zero-order valence-electron chi connectivity index (χ0n) is 6.16. The summed E-state index contributed by atoms with van der Waals surface area (Å²) in [4.78, 5) is 0. The molecule has 2 nitrogen and oxygen atoms in total. The largest absolute Gasteiger partial charge is 0.619 e. The Morgan fingerprint density at radius 3 is 3.00 bits per heavy atom. The topological polar surface area (TPSA) is 26.9 Å². The lowest BCUT2D eigenvalue weighted by molar-refractivity contribution is -0.605. The van der Waals surface area contributed by atoms with Gasteiger partial charge in [-0.3, -0.25) is 0 Å². The highest BCUT2D eigenvalue weighted by molar-refractivity contribution is 6.17. The Morgan fingerprint density at radius 2 is 2.36 bits per heavy atom. The smallest absolute Gasteiger partial charge is 0.183 e. The van der Waals surface area contributed by atoms with Gasteiger partial charge in [-0.05, 0) is 18.9 Å². The van der Waals surface area contributed by atoms with Gasteiger partial charge >= 0.3 is 0 Å². The summed E-state index contributed by atoms with van der Waals surface area (Å²) in [6.07, 6.45) is 4.86. The molecular weight excluding hydrogens is 162 g/mol. The molecule has 0 saturated heterocycles. The molecule has 0 atom stereocenters. The molecule has 60 valence electrons. The summed E-state index contributed by atoms with van der Waals surface area (Å²) in [5.41, 5.74) is 1.04. The molecular formula is C8H10ClNO. The molecule has 3 heteroatoms. The molecule has 0 N–H and O–H groups in total. The minimum atomic E-state index is 0.647. The Labute approximate surface area is 71.0 Å². The fourth-order valence-corrected chi connectivity index (χ4v) is 1.05. The quantitative estimate of drug-likeness (QED) is 0.385. The molecule has 0 unspecified atom stereocenters. The second-order valence-corrected chi connectivity index (χ2v) is 2.74. The Kier molecular flexibility index (Phi) is 3.17. The van der Waals surface area contributed by atoms with Gasteiger partial charge in [0.25, 0.3) is 0 Å². The second kappa shape index (κ2) is 4.19. The number of hydrogen-bond donors (Lipinski definition) is 0. The third kappa shape index (κ3) is 2.76. The zero-order chi connectivity index (χ0) is 8.10. The lowest BCUT2D eigenvalue weighted by Crippen LogP contribution is -2.24. The van der Waals surface area contributed by atoms with E-state index >= 15 is 0 Å². The maximum atomic E-state index is 10.7. The van der Waals surface area contributed by atoms with Gasteiger partial charge in [0.1, 0.15) is 0 Å². The van der Waals surface area contributed by atoms with Gasteiger partial charge in [0.2, 0.25) is 0 Å². The highest BCUT2D eigenvalue weighted by Crippen LogP contribution is 1.99. The third-order valence-electron chi connectivity index (χ3n) is 1.44. The maximum absolute atomic E-state index is 10.7. The van der Waals surface area contributed by atoms with Gasteiger partial charge in [0.15, 0.2) is 12.4 Å². The van der Waals surface area contributed by atoms with Crippen LogP contribution in [-0.4, -0.2) is 5.88 Å². The molecule has 0 radical (unpaired) electrons. The highest BCUT2D eigenvalue weighted by Gasteiger charge is 1.95. The van der Waals surface area contributed by atoms with E-state index in [1.807, 2.05) is 6.07 Å². The minimum Gasteiger partial charge on any atom is -0.619 e. The van der Waals surface area contributed by atoms with Crippen LogP contribution in [0.1, 0.15) is 12.0 Å². The number of alkyl halides is 1. The van der Waals surface area contributed by atoms with Crippen molar-refractivity contribution in [3.63, 3.8) is 0 Å².